The summed E-state index contributed by atoms with van der Waals surface area (Å²) in [6, 6.07) is 3.99. The van der Waals surface area contributed by atoms with Gasteiger partial charge < -0.3 is 24.8 Å². The summed E-state index contributed by atoms with van der Waals surface area (Å²) in [4.78, 5) is 28.5. The van der Waals surface area contributed by atoms with Gasteiger partial charge in [0, 0.05) is 76.9 Å². The lowest BCUT2D eigenvalue weighted by Crippen LogP contribution is -2.61. The van der Waals surface area contributed by atoms with E-state index in [9.17, 15) is 17.6 Å². The van der Waals surface area contributed by atoms with Crippen LogP contribution in [-0.4, -0.2) is 127 Å². The van der Waals surface area contributed by atoms with Crippen molar-refractivity contribution < 1.29 is 22.3 Å². The van der Waals surface area contributed by atoms with Gasteiger partial charge in [0.15, 0.2) is 11.6 Å². The van der Waals surface area contributed by atoms with E-state index in [4.69, 9.17) is 4.74 Å². The average Bonchev–Trinajstić information content (AvgIpc) is 3.06. The van der Waals surface area contributed by atoms with Gasteiger partial charge in [0.05, 0.1) is 11.8 Å². The predicted molar refractivity (Wildman–Crippen MR) is 178 cm³/mol. The van der Waals surface area contributed by atoms with Crippen LogP contribution in [0.3, 0.4) is 0 Å². The van der Waals surface area contributed by atoms with E-state index >= 15 is 0 Å². The Balaban J connectivity index is 1.01. The lowest BCUT2D eigenvalue weighted by molar-refractivity contribution is 0.0607. The molecule has 4 aliphatic heterocycles. The molecule has 0 unspecified atom stereocenters. The third kappa shape index (κ3) is 7.41. The molecule has 0 saturated carbocycles. The first-order chi connectivity index (χ1) is 22.6. The Kier molecular flexibility index (Phi) is 10.3. The number of likely N-dealkylation sites (tertiary alicyclic amines) is 1. The maximum absolute atomic E-state index is 14.3. The third-order valence-electron chi connectivity index (χ3n) is 10.4. The quantitative estimate of drug-likeness (QED) is 0.407. The van der Waals surface area contributed by atoms with E-state index in [2.05, 4.69) is 25.1 Å². The predicted octanol–water partition coefficient (Wildman–Crippen LogP) is 3.04. The Morgan fingerprint density at radius 3 is 2.40 bits per heavy atom. The molecule has 4 fully saturated rings. The maximum Gasteiger partial charge on any atom is 0.282 e. The van der Waals surface area contributed by atoms with Crippen LogP contribution in [0.1, 0.15) is 56.8 Å². The number of hydrogen-bond donors (Lipinski definition) is 1. The number of nitrogens with zero attached hydrogens (tertiary/aromatic N) is 7. The van der Waals surface area contributed by atoms with Gasteiger partial charge in [0.25, 0.3) is 16.1 Å². The number of aromatic nitrogens is 2. The first-order valence-corrected chi connectivity index (χ1v) is 18.5. The minimum Gasteiger partial charge on any atom is -0.451 e. The molecule has 4 saturated heterocycles. The van der Waals surface area contributed by atoms with Crippen LogP contribution in [0.2, 0.25) is 0 Å². The highest BCUT2D eigenvalue weighted by Crippen LogP contribution is 2.45. The van der Waals surface area contributed by atoms with Gasteiger partial charge in [-0.1, -0.05) is 0 Å². The summed E-state index contributed by atoms with van der Waals surface area (Å²) in [6.07, 6.45) is 7.12. The number of amides is 1. The van der Waals surface area contributed by atoms with Crippen molar-refractivity contribution in [2.24, 2.45) is 11.3 Å². The molecule has 1 spiro atoms. The van der Waals surface area contributed by atoms with Crippen molar-refractivity contribution in [3.8, 4) is 11.5 Å². The van der Waals surface area contributed by atoms with Crippen LogP contribution in [0.15, 0.2) is 30.7 Å². The molecule has 0 aliphatic carbocycles. The van der Waals surface area contributed by atoms with Crippen LogP contribution in [-0.2, 0) is 10.2 Å². The van der Waals surface area contributed by atoms with Gasteiger partial charge in [-0.2, -0.15) is 17.0 Å². The van der Waals surface area contributed by atoms with Gasteiger partial charge in [-0.05, 0) is 83.7 Å². The molecule has 5 heterocycles. The minimum absolute atomic E-state index is 0.0396. The van der Waals surface area contributed by atoms with Gasteiger partial charge in [-0.3, -0.25) is 4.79 Å². The summed E-state index contributed by atoms with van der Waals surface area (Å²) in [5, 5.41) is 3.23. The van der Waals surface area contributed by atoms with E-state index in [1.165, 1.54) is 24.5 Å². The number of benzene rings is 1. The smallest absolute Gasteiger partial charge is 0.282 e. The first-order valence-electron chi connectivity index (χ1n) is 17.1. The van der Waals surface area contributed by atoms with E-state index in [-0.39, 0.29) is 28.7 Å². The van der Waals surface area contributed by atoms with Crippen molar-refractivity contribution in [3.05, 3.63) is 42.1 Å². The third-order valence-corrected chi connectivity index (χ3v) is 12.4. The Morgan fingerprint density at radius 2 is 1.74 bits per heavy atom. The molecule has 0 radical (unpaired) electrons. The molecule has 1 amide bonds. The molecule has 1 aromatic carbocycles. The van der Waals surface area contributed by atoms with Crippen molar-refractivity contribution in [3.63, 3.8) is 0 Å². The molecule has 1 aromatic heterocycles. The summed E-state index contributed by atoms with van der Waals surface area (Å²) < 4.78 is 50.0. The Hall–Kier alpha value is -2.91. The second-order valence-corrected chi connectivity index (χ2v) is 15.7. The lowest BCUT2D eigenvalue weighted by atomic mass is 9.72. The lowest BCUT2D eigenvalue weighted by Gasteiger charge is -2.54. The standard InChI is InChI=1S/C33H49FN8O4S/c1-4-42(25(2)3)32(43)28-19-27(34)5-6-29(28)46-30-20-36-24-37-31(30)39-22-33(23-39)9-15-38(16-10-33)21-26-7-13-40(14-8-26)47(44,45)41-17-11-35-12-18-41/h5-6,19-20,24-26,35H,4,7-18,21-23H2,1-3H3. The van der Waals surface area contributed by atoms with E-state index in [0.717, 1.165) is 58.4 Å². The number of halogens is 1. The highest BCUT2D eigenvalue weighted by atomic mass is 32.2. The number of rotatable bonds is 10. The summed E-state index contributed by atoms with van der Waals surface area (Å²) in [7, 11) is -3.36. The van der Waals surface area contributed by atoms with Crippen molar-refractivity contribution in [1.29, 1.82) is 0 Å². The zero-order valence-corrected chi connectivity index (χ0v) is 28.7. The van der Waals surface area contributed by atoms with E-state index in [0.29, 0.717) is 63.3 Å². The fourth-order valence-corrected chi connectivity index (χ4v) is 9.20. The Labute approximate surface area is 278 Å². The van der Waals surface area contributed by atoms with Crippen LogP contribution >= 0.6 is 0 Å². The normalized spacial score (nSPS) is 21.6. The molecule has 0 bridgehead atoms. The summed E-state index contributed by atoms with van der Waals surface area (Å²) in [6.45, 7) is 14.8. The first kappa shape index (κ1) is 34.0. The van der Waals surface area contributed by atoms with Gasteiger partial charge >= 0.3 is 0 Å². The number of piperidine rings is 2. The molecule has 2 aromatic rings. The molecule has 47 heavy (non-hydrogen) atoms. The Bertz CT molecular complexity index is 1500. The second kappa shape index (κ2) is 14.3. The average molecular weight is 673 g/mol. The highest BCUT2D eigenvalue weighted by molar-refractivity contribution is 7.86. The number of carbonyl (C=O) groups is 1. The summed E-state index contributed by atoms with van der Waals surface area (Å²) in [5.41, 5.74) is 0.393. The highest BCUT2D eigenvalue weighted by Gasteiger charge is 2.46. The fourth-order valence-electron chi connectivity index (χ4n) is 7.56. The molecule has 258 valence electrons. The Morgan fingerprint density at radius 1 is 1.06 bits per heavy atom. The SMILES string of the molecule is CCN(C(=O)c1cc(F)ccc1Oc1cncnc1N1CC2(CCN(CC3CCN(S(=O)(=O)N4CCNCC4)CC3)CC2)C1)C(C)C. The fraction of sp³-hybridized carbons (Fsp3) is 0.667. The molecular weight excluding hydrogens is 623 g/mol. The van der Waals surface area contributed by atoms with E-state index < -0.39 is 16.0 Å². The van der Waals surface area contributed by atoms with Gasteiger partial charge in [-0.25, -0.2) is 14.4 Å². The molecule has 6 rings (SSSR count). The van der Waals surface area contributed by atoms with Crippen molar-refractivity contribution >= 4 is 21.9 Å². The van der Waals surface area contributed by atoms with Crippen molar-refractivity contribution in [2.75, 3.05) is 83.4 Å². The maximum atomic E-state index is 14.3. The largest absolute Gasteiger partial charge is 0.451 e. The number of carbonyl (C=O) groups excluding carboxylic acids is 1. The number of piperazine rings is 1. The van der Waals surface area contributed by atoms with Crippen LogP contribution in [0, 0.1) is 17.2 Å². The number of hydrogen-bond acceptors (Lipinski definition) is 9. The summed E-state index contributed by atoms with van der Waals surface area (Å²) >= 11 is 0. The monoisotopic (exact) mass is 672 g/mol. The van der Waals surface area contributed by atoms with Crippen LogP contribution in [0.25, 0.3) is 0 Å². The molecule has 0 atom stereocenters. The number of ether oxygens (including phenoxy) is 1. The van der Waals surface area contributed by atoms with Gasteiger partial charge in [-0.15, -0.1) is 0 Å². The molecule has 12 nitrogen and oxygen atoms in total. The second-order valence-electron chi connectivity index (χ2n) is 13.8. The minimum atomic E-state index is -3.36. The number of anilines is 1. The van der Waals surface area contributed by atoms with Crippen molar-refractivity contribution in [1.82, 2.24) is 33.7 Å². The summed E-state index contributed by atoms with van der Waals surface area (Å²) in [5.74, 6) is 1.14. The van der Waals surface area contributed by atoms with Gasteiger partial charge in [0.1, 0.15) is 17.9 Å². The van der Waals surface area contributed by atoms with Crippen molar-refractivity contribution in [2.45, 2.75) is 52.5 Å². The van der Waals surface area contributed by atoms with Gasteiger partial charge in [0.2, 0.25) is 0 Å². The molecule has 14 heteroatoms. The van der Waals surface area contributed by atoms with E-state index in [1.54, 1.807) is 19.7 Å². The zero-order chi connectivity index (χ0) is 33.2. The number of nitrogens with one attached hydrogen (secondary N) is 1. The zero-order valence-electron chi connectivity index (χ0n) is 27.9. The van der Waals surface area contributed by atoms with Crippen LogP contribution < -0.4 is 15.0 Å². The molecule has 1 N–H and O–H groups in total. The van der Waals surface area contributed by atoms with Crippen LogP contribution in [0.4, 0.5) is 10.2 Å². The van der Waals surface area contributed by atoms with E-state index in [1.807, 2.05) is 20.8 Å². The van der Waals surface area contributed by atoms with Crippen LogP contribution in [0.5, 0.6) is 11.5 Å². The molecule has 4 aliphatic rings. The topological polar surface area (TPSA) is 114 Å². The molecular formula is C33H49FN8O4S.